The van der Waals surface area contributed by atoms with Crippen LogP contribution in [-0.2, 0) is 0 Å². The normalized spacial score (nSPS) is 10.9. The summed E-state index contributed by atoms with van der Waals surface area (Å²) < 4.78 is 1.74. The van der Waals surface area contributed by atoms with Crippen molar-refractivity contribution in [3.05, 3.63) is 64.7 Å². The maximum Gasteiger partial charge on any atom is 0.259 e. The monoisotopic (exact) mass is 287 g/mol. The van der Waals surface area contributed by atoms with Crippen LogP contribution in [0.3, 0.4) is 0 Å². The van der Waals surface area contributed by atoms with Crippen molar-refractivity contribution >= 4 is 16.6 Å². The fraction of sp³-hybridized carbons (Fsp3) is 0. The topological polar surface area (TPSA) is 86.8 Å². The molecule has 4 aromatic rings. The lowest BCUT2D eigenvalue weighted by Gasteiger charge is -1.99. The van der Waals surface area contributed by atoms with Crippen LogP contribution >= 0.6 is 0 Å². The molecule has 3 aromatic heterocycles. The third-order valence-corrected chi connectivity index (χ3v) is 3.44. The molecule has 0 aliphatic heterocycles. The van der Waals surface area contributed by atoms with E-state index in [4.69, 9.17) is 5.26 Å². The first-order chi connectivity index (χ1) is 10.7. The van der Waals surface area contributed by atoms with Gasteiger partial charge >= 0.3 is 0 Å². The number of hydrogen-bond donors (Lipinski definition) is 1. The number of hydrogen-bond acceptors (Lipinski definition) is 4. The molecule has 6 nitrogen and oxygen atoms in total. The van der Waals surface area contributed by atoms with Crippen molar-refractivity contribution in [3.8, 4) is 17.6 Å². The van der Waals surface area contributed by atoms with Gasteiger partial charge in [-0.25, -0.2) is 9.97 Å². The van der Waals surface area contributed by atoms with Gasteiger partial charge in [-0.15, -0.1) is 0 Å². The molecular formula is C16H9N5O. The maximum atomic E-state index is 12.1. The van der Waals surface area contributed by atoms with Gasteiger partial charge < -0.3 is 9.38 Å². The van der Waals surface area contributed by atoms with Gasteiger partial charge in [0.05, 0.1) is 16.5 Å². The Kier molecular flexibility index (Phi) is 2.53. The lowest BCUT2D eigenvalue weighted by Crippen LogP contribution is -2.09. The van der Waals surface area contributed by atoms with Gasteiger partial charge in [0.1, 0.15) is 17.4 Å². The Morgan fingerprint density at radius 3 is 2.82 bits per heavy atom. The van der Waals surface area contributed by atoms with E-state index in [-0.39, 0.29) is 5.56 Å². The quantitative estimate of drug-likeness (QED) is 0.581. The molecule has 0 atom stereocenters. The molecule has 6 heteroatoms. The highest BCUT2D eigenvalue weighted by Crippen LogP contribution is 2.17. The molecule has 22 heavy (non-hydrogen) atoms. The van der Waals surface area contributed by atoms with Crippen molar-refractivity contribution in [1.82, 2.24) is 19.4 Å². The molecule has 0 aliphatic rings. The second kappa shape index (κ2) is 4.53. The van der Waals surface area contributed by atoms with Crippen molar-refractivity contribution in [3.63, 3.8) is 0 Å². The molecule has 0 radical (unpaired) electrons. The molecule has 0 aliphatic carbocycles. The second-order valence-electron chi connectivity index (χ2n) is 4.85. The summed E-state index contributed by atoms with van der Waals surface area (Å²) in [4.78, 5) is 23.7. The molecule has 1 N–H and O–H groups in total. The van der Waals surface area contributed by atoms with Crippen LogP contribution in [0.2, 0.25) is 0 Å². The number of H-pyrrole nitrogens is 1. The SMILES string of the molecule is N#Cc1ccc2nc(-c3nc4ccccc4c(=O)[nH]3)cn2c1. The third-order valence-electron chi connectivity index (χ3n) is 3.44. The van der Waals surface area contributed by atoms with E-state index in [1.807, 2.05) is 6.07 Å². The minimum atomic E-state index is -0.199. The summed E-state index contributed by atoms with van der Waals surface area (Å²) in [5.41, 5.74) is 2.20. The van der Waals surface area contributed by atoms with Crippen molar-refractivity contribution in [2.45, 2.75) is 0 Å². The summed E-state index contributed by atoms with van der Waals surface area (Å²) in [7, 11) is 0. The Morgan fingerprint density at radius 1 is 1.09 bits per heavy atom. The summed E-state index contributed by atoms with van der Waals surface area (Å²) >= 11 is 0. The van der Waals surface area contributed by atoms with Crippen molar-refractivity contribution in [2.75, 3.05) is 0 Å². The van der Waals surface area contributed by atoms with Gasteiger partial charge in [0, 0.05) is 12.4 Å². The standard InChI is InChI=1S/C16H9N5O/c17-7-10-5-6-14-18-13(9-21(14)8-10)15-19-12-4-2-1-3-11(12)16(22)20-15/h1-6,8-9H,(H,19,20,22). The number of imidazole rings is 1. The number of rotatable bonds is 1. The highest BCUT2D eigenvalue weighted by molar-refractivity contribution is 5.79. The van der Waals surface area contributed by atoms with Crippen LogP contribution in [0.4, 0.5) is 0 Å². The van der Waals surface area contributed by atoms with E-state index < -0.39 is 0 Å². The predicted octanol–water partition coefficient (Wildman–Crippen LogP) is 2.11. The number of aromatic amines is 1. The summed E-state index contributed by atoms with van der Waals surface area (Å²) in [5, 5.41) is 9.48. The largest absolute Gasteiger partial charge is 0.305 e. The van der Waals surface area contributed by atoms with Crippen molar-refractivity contribution in [2.24, 2.45) is 0 Å². The fourth-order valence-corrected chi connectivity index (χ4v) is 2.38. The van der Waals surface area contributed by atoms with E-state index in [1.165, 1.54) is 0 Å². The van der Waals surface area contributed by atoms with Crippen molar-refractivity contribution < 1.29 is 0 Å². The molecule has 0 amide bonds. The Morgan fingerprint density at radius 2 is 1.95 bits per heavy atom. The molecule has 3 heterocycles. The maximum absolute atomic E-state index is 12.1. The molecule has 1 aromatic carbocycles. The molecule has 0 spiro atoms. The number of aromatic nitrogens is 4. The van der Waals surface area contributed by atoms with Gasteiger partial charge in [-0.2, -0.15) is 5.26 Å². The first-order valence-corrected chi connectivity index (χ1v) is 6.63. The molecule has 104 valence electrons. The third kappa shape index (κ3) is 1.84. The molecule has 0 saturated heterocycles. The minimum Gasteiger partial charge on any atom is -0.305 e. The fourth-order valence-electron chi connectivity index (χ4n) is 2.38. The number of fused-ring (bicyclic) bond motifs is 2. The molecule has 0 saturated carbocycles. The van der Waals surface area contributed by atoms with E-state index in [0.717, 1.165) is 0 Å². The first-order valence-electron chi connectivity index (χ1n) is 6.63. The van der Waals surface area contributed by atoms with Gasteiger partial charge in [-0.1, -0.05) is 12.1 Å². The Hall–Kier alpha value is -3.46. The van der Waals surface area contributed by atoms with Crippen LogP contribution < -0.4 is 5.56 Å². The molecule has 0 bridgehead atoms. The summed E-state index contributed by atoms with van der Waals surface area (Å²) in [6, 6.07) is 12.7. The van der Waals surface area contributed by atoms with Crippen LogP contribution in [0.15, 0.2) is 53.6 Å². The van der Waals surface area contributed by atoms with E-state index in [0.29, 0.717) is 33.6 Å². The second-order valence-corrected chi connectivity index (χ2v) is 4.85. The van der Waals surface area contributed by atoms with Crippen LogP contribution in [0, 0.1) is 11.3 Å². The van der Waals surface area contributed by atoms with E-state index in [9.17, 15) is 4.79 Å². The van der Waals surface area contributed by atoms with Crippen molar-refractivity contribution in [1.29, 1.82) is 5.26 Å². The number of nitrogens with one attached hydrogen (secondary N) is 1. The lowest BCUT2D eigenvalue weighted by atomic mass is 10.2. The zero-order chi connectivity index (χ0) is 15.1. The summed E-state index contributed by atoms with van der Waals surface area (Å²) in [6.07, 6.45) is 3.42. The highest BCUT2D eigenvalue weighted by Gasteiger charge is 2.09. The zero-order valence-corrected chi connectivity index (χ0v) is 11.3. The Balaban J connectivity index is 1.95. The Labute approximate surface area is 124 Å². The van der Waals surface area contributed by atoms with Crippen LogP contribution in [0.1, 0.15) is 5.56 Å². The smallest absolute Gasteiger partial charge is 0.259 e. The summed E-state index contributed by atoms with van der Waals surface area (Å²) in [5.74, 6) is 0.408. The van der Waals surface area contributed by atoms with Gasteiger partial charge in [-0.05, 0) is 24.3 Å². The minimum absolute atomic E-state index is 0.199. The molecule has 0 unspecified atom stereocenters. The van der Waals surface area contributed by atoms with Crippen LogP contribution in [0.5, 0.6) is 0 Å². The average Bonchev–Trinajstić information content (AvgIpc) is 2.98. The first kappa shape index (κ1) is 12.3. The van der Waals surface area contributed by atoms with Gasteiger partial charge in [0.15, 0.2) is 5.82 Å². The summed E-state index contributed by atoms with van der Waals surface area (Å²) in [6.45, 7) is 0. The van der Waals surface area contributed by atoms with E-state index in [2.05, 4.69) is 21.0 Å². The van der Waals surface area contributed by atoms with Crippen LogP contribution in [0.25, 0.3) is 28.1 Å². The molecule has 0 fully saturated rings. The number of benzene rings is 1. The molecule has 4 rings (SSSR count). The van der Waals surface area contributed by atoms with Gasteiger partial charge in [0.2, 0.25) is 0 Å². The van der Waals surface area contributed by atoms with E-state index >= 15 is 0 Å². The predicted molar refractivity (Wildman–Crippen MR) is 81.3 cm³/mol. The Bertz CT molecular complexity index is 1120. The van der Waals surface area contributed by atoms with Gasteiger partial charge in [-0.3, -0.25) is 4.79 Å². The zero-order valence-electron chi connectivity index (χ0n) is 11.3. The lowest BCUT2D eigenvalue weighted by molar-refractivity contribution is 1.16. The average molecular weight is 287 g/mol. The van der Waals surface area contributed by atoms with E-state index in [1.54, 1.807) is 47.1 Å². The number of nitriles is 1. The van der Waals surface area contributed by atoms with Gasteiger partial charge in [0.25, 0.3) is 5.56 Å². The highest BCUT2D eigenvalue weighted by atomic mass is 16.1. The number of para-hydroxylation sites is 1. The number of pyridine rings is 1. The molecular weight excluding hydrogens is 278 g/mol. The number of nitrogens with zero attached hydrogens (tertiary/aromatic N) is 4. The van der Waals surface area contributed by atoms with Crippen LogP contribution in [-0.4, -0.2) is 19.4 Å².